The summed E-state index contributed by atoms with van der Waals surface area (Å²) in [5.74, 6) is 0. The van der Waals surface area contributed by atoms with E-state index in [0.29, 0.717) is 16.9 Å². The van der Waals surface area contributed by atoms with Crippen LogP contribution in [0, 0.1) is 10.8 Å². The number of nitrogens with one attached hydrogen (secondary N) is 2. The molecule has 1 aliphatic carbocycles. The van der Waals surface area contributed by atoms with Crippen LogP contribution < -0.4 is 10.6 Å². The molecule has 0 bridgehead atoms. The topological polar surface area (TPSA) is 24.1 Å². The minimum Gasteiger partial charge on any atom is -0.316 e. The van der Waals surface area contributed by atoms with Crippen LogP contribution in [-0.2, 0) is 0 Å². The van der Waals surface area contributed by atoms with E-state index in [2.05, 4.69) is 31.4 Å². The van der Waals surface area contributed by atoms with E-state index >= 15 is 0 Å². The van der Waals surface area contributed by atoms with Gasteiger partial charge in [0.05, 0.1) is 0 Å². The van der Waals surface area contributed by atoms with E-state index in [1.54, 1.807) is 0 Å². The zero-order valence-corrected chi connectivity index (χ0v) is 9.82. The molecular formula is C12H24N2. The first kappa shape index (κ1) is 10.4. The summed E-state index contributed by atoms with van der Waals surface area (Å²) >= 11 is 0. The molecule has 0 aromatic carbocycles. The Morgan fingerprint density at radius 3 is 2.57 bits per heavy atom. The summed E-state index contributed by atoms with van der Waals surface area (Å²) < 4.78 is 0. The van der Waals surface area contributed by atoms with Gasteiger partial charge < -0.3 is 10.6 Å². The molecule has 2 fully saturated rings. The van der Waals surface area contributed by atoms with Gasteiger partial charge in [-0.15, -0.1) is 0 Å². The van der Waals surface area contributed by atoms with E-state index in [0.717, 1.165) is 6.54 Å². The van der Waals surface area contributed by atoms with Gasteiger partial charge in [0.25, 0.3) is 0 Å². The summed E-state index contributed by atoms with van der Waals surface area (Å²) in [4.78, 5) is 0. The van der Waals surface area contributed by atoms with Crippen molar-refractivity contribution in [1.82, 2.24) is 10.6 Å². The summed E-state index contributed by atoms with van der Waals surface area (Å²) in [6.45, 7) is 10.7. The fourth-order valence-electron chi connectivity index (χ4n) is 2.31. The van der Waals surface area contributed by atoms with Crippen molar-refractivity contribution in [2.45, 2.75) is 46.1 Å². The average molecular weight is 196 g/mol. The molecule has 2 N–H and O–H groups in total. The van der Waals surface area contributed by atoms with Crippen LogP contribution in [0.25, 0.3) is 0 Å². The Bertz CT molecular complexity index is 206. The van der Waals surface area contributed by atoms with E-state index in [-0.39, 0.29) is 0 Å². The van der Waals surface area contributed by atoms with Crippen LogP contribution in [0.4, 0.5) is 0 Å². The Hall–Kier alpha value is -0.0800. The number of hydrogen-bond acceptors (Lipinski definition) is 2. The molecule has 2 nitrogen and oxygen atoms in total. The molecular weight excluding hydrogens is 172 g/mol. The zero-order chi connectivity index (χ0) is 10.2. The molecule has 0 aromatic heterocycles. The first-order valence-electron chi connectivity index (χ1n) is 5.96. The predicted molar refractivity (Wildman–Crippen MR) is 60.4 cm³/mol. The highest BCUT2D eigenvalue weighted by Crippen LogP contribution is 2.44. The minimum absolute atomic E-state index is 0.420. The van der Waals surface area contributed by atoms with E-state index in [1.165, 1.54) is 32.4 Å². The van der Waals surface area contributed by atoms with Gasteiger partial charge in [0.2, 0.25) is 0 Å². The molecule has 0 aromatic rings. The first-order valence-corrected chi connectivity index (χ1v) is 5.96. The quantitative estimate of drug-likeness (QED) is 0.719. The molecule has 82 valence electrons. The maximum Gasteiger partial charge on any atom is 0.0143 e. The molecule has 1 saturated carbocycles. The molecule has 1 atom stereocenters. The van der Waals surface area contributed by atoms with Crippen LogP contribution in [-0.4, -0.2) is 25.7 Å². The molecule has 0 amide bonds. The second-order valence-corrected chi connectivity index (χ2v) is 6.20. The lowest BCUT2D eigenvalue weighted by Crippen LogP contribution is -2.53. The van der Waals surface area contributed by atoms with Gasteiger partial charge in [-0.3, -0.25) is 0 Å². The van der Waals surface area contributed by atoms with Gasteiger partial charge in [0, 0.05) is 19.1 Å². The lowest BCUT2D eigenvalue weighted by Gasteiger charge is -2.40. The zero-order valence-electron chi connectivity index (χ0n) is 9.82. The van der Waals surface area contributed by atoms with Crippen molar-refractivity contribution < 1.29 is 0 Å². The molecule has 2 aliphatic rings. The van der Waals surface area contributed by atoms with Crippen molar-refractivity contribution in [3.63, 3.8) is 0 Å². The molecule has 1 heterocycles. The number of hydrogen-bond donors (Lipinski definition) is 2. The standard InChI is InChI=1S/C12H24N2/c1-11(2)8-13-7-4-10(11)14-9-12(3)5-6-12/h10,13-14H,4-9H2,1-3H3. The van der Waals surface area contributed by atoms with Gasteiger partial charge in [0.1, 0.15) is 0 Å². The third-order valence-electron chi connectivity index (χ3n) is 4.01. The first-order chi connectivity index (χ1) is 6.52. The van der Waals surface area contributed by atoms with Crippen LogP contribution in [0.1, 0.15) is 40.0 Å². The Balaban J connectivity index is 1.82. The summed E-state index contributed by atoms with van der Waals surface area (Å²) in [6, 6.07) is 0.709. The summed E-state index contributed by atoms with van der Waals surface area (Å²) in [6.07, 6.45) is 4.12. The number of rotatable bonds is 3. The van der Waals surface area contributed by atoms with Crippen molar-refractivity contribution in [1.29, 1.82) is 0 Å². The Kier molecular flexibility index (Phi) is 2.61. The predicted octanol–water partition coefficient (Wildman–Crippen LogP) is 1.76. The van der Waals surface area contributed by atoms with Crippen molar-refractivity contribution in [2.24, 2.45) is 10.8 Å². The smallest absolute Gasteiger partial charge is 0.0143 e. The van der Waals surface area contributed by atoms with Crippen molar-refractivity contribution >= 4 is 0 Å². The SMILES string of the molecule is CC1(CNC2CCNCC2(C)C)CC1. The van der Waals surface area contributed by atoms with Gasteiger partial charge in [0.15, 0.2) is 0 Å². The molecule has 0 radical (unpaired) electrons. The fraction of sp³-hybridized carbons (Fsp3) is 1.00. The largest absolute Gasteiger partial charge is 0.316 e. The van der Waals surface area contributed by atoms with Crippen LogP contribution in [0.5, 0.6) is 0 Å². The van der Waals surface area contributed by atoms with Crippen molar-refractivity contribution in [3.05, 3.63) is 0 Å². The Morgan fingerprint density at radius 2 is 2.00 bits per heavy atom. The summed E-state index contributed by atoms with van der Waals surface area (Å²) in [5.41, 5.74) is 1.06. The van der Waals surface area contributed by atoms with Gasteiger partial charge in [-0.1, -0.05) is 20.8 Å². The highest BCUT2D eigenvalue weighted by atomic mass is 15.0. The van der Waals surface area contributed by atoms with E-state index < -0.39 is 0 Å². The number of piperidine rings is 1. The van der Waals surface area contributed by atoms with E-state index in [9.17, 15) is 0 Å². The third kappa shape index (κ3) is 2.29. The molecule has 2 heteroatoms. The molecule has 14 heavy (non-hydrogen) atoms. The lowest BCUT2D eigenvalue weighted by molar-refractivity contribution is 0.178. The van der Waals surface area contributed by atoms with Crippen LogP contribution >= 0.6 is 0 Å². The van der Waals surface area contributed by atoms with E-state index in [4.69, 9.17) is 0 Å². The van der Waals surface area contributed by atoms with Crippen molar-refractivity contribution in [3.8, 4) is 0 Å². The highest BCUT2D eigenvalue weighted by molar-refractivity contribution is 4.95. The molecule has 1 saturated heterocycles. The monoisotopic (exact) mass is 196 g/mol. The van der Waals surface area contributed by atoms with Gasteiger partial charge >= 0.3 is 0 Å². The lowest BCUT2D eigenvalue weighted by atomic mass is 9.80. The maximum absolute atomic E-state index is 3.77. The molecule has 2 rings (SSSR count). The van der Waals surface area contributed by atoms with Crippen LogP contribution in [0.15, 0.2) is 0 Å². The van der Waals surface area contributed by atoms with Crippen LogP contribution in [0.2, 0.25) is 0 Å². The third-order valence-corrected chi connectivity index (χ3v) is 4.01. The van der Waals surface area contributed by atoms with Gasteiger partial charge in [-0.2, -0.15) is 0 Å². The van der Waals surface area contributed by atoms with Crippen LogP contribution in [0.3, 0.4) is 0 Å². The average Bonchev–Trinajstić information content (AvgIpc) is 2.82. The maximum atomic E-state index is 3.77. The summed E-state index contributed by atoms with van der Waals surface area (Å²) in [7, 11) is 0. The normalized spacial score (nSPS) is 34.1. The fourth-order valence-corrected chi connectivity index (χ4v) is 2.31. The Morgan fingerprint density at radius 1 is 1.29 bits per heavy atom. The molecule has 0 spiro atoms. The second-order valence-electron chi connectivity index (χ2n) is 6.20. The van der Waals surface area contributed by atoms with Gasteiger partial charge in [-0.05, 0) is 36.6 Å². The van der Waals surface area contributed by atoms with E-state index in [1.807, 2.05) is 0 Å². The highest BCUT2D eigenvalue weighted by Gasteiger charge is 2.39. The molecule has 1 aliphatic heterocycles. The van der Waals surface area contributed by atoms with Gasteiger partial charge in [-0.25, -0.2) is 0 Å². The second kappa shape index (κ2) is 3.49. The van der Waals surface area contributed by atoms with Crippen molar-refractivity contribution in [2.75, 3.05) is 19.6 Å². The Labute approximate surface area is 87.8 Å². The molecule has 1 unspecified atom stereocenters. The summed E-state index contributed by atoms with van der Waals surface area (Å²) in [5, 5.41) is 7.25. The minimum atomic E-state index is 0.420.